The normalized spacial score (nSPS) is 17.3. The molecule has 29 heavy (non-hydrogen) atoms. The standard InChI is InChI=1S/C22H24N6O/c1-3-15-13-28(9-8-23-15)22-7-6-18-19(25-22)5-4-17(24-18)16-10-14-12-27(2)26-20(14)11-21(16)29/h4-7,10-12,15,23,29H,3,8-9,13H2,1-2H3. The molecule has 0 spiro atoms. The van der Waals surface area contributed by atoms with Crippen molar-refractivity contribution in [2.24, 2.45) is 7.05 Å². The fraction of sp³-hybridized carbons (Fsp3) is 0.318. The maximum absolute atomic E-state index is 10.5. The number of nitrogens with one attached hydrogen (secondary N) is 1. The Morgan fingerprint density at radius 2 is 1.93 bits per heavy atom. The summed E-state index contributed by atoms with van der Waals surface area (Å²) in [6, 6.07) is 12.1. The fourth-order valence-corrected chi connectivity index (χ4v) is 4.02. The average molecular weight is 388 g/mol. The van der Waals surface area contributed by atoms with Gasteiger partial charge in [0.25, 0.3) is 0 Å². The first-order valence-electron chi connectivity index (χ1n) is 10.0. The largest absolute Gasteiger partial charge is 0.507 e. The highest BCUT2D eigenvalue weighted by Gasteiger charge is 2.19. The lowest BCUT2D eigenvalue weighted by Gasteiger charge is -2.34. The van der Waals surface area contributed by atoms with E-state index in [0.29, 0.717) is 11.6 Å². The molecule has 1 aromatic carbocycles. The van der Waals surface area contributed by atoms with Crippen LogP contribution in [0.1, 0.15) is 13.3 Å². The Morgan fingerprint density at radius 3 is 2.79 bits per heavy atom. The van der Waals surface area contributed by atoms with Crippen LogP contribution in [0, 0.1) is 0 Å². The van der Waals surface area contributed by atoms with Crippen LogP contribution >= 0.6 is 0 Å². The number of anilines is 1. The van der Waals surface area contributed by atoms with Gasteiger partial charge >= 0.3 is 0 Å². The van der Waals surface area contributed by atoms with Crippen molar-refractivity contribution in [3.63, 3.8) is 0 Å². The van der Waals surface area contributed by atoms with Crippen molar-refractivity contribution >= 4 is 27.8 Å². The second-order valence-electron chi connectivity index (χ2n) is 7.64. The van der Waals surface area contributed by atoms with E-state index in [4.69, 9.17) is 9.97 Å². The molecule has 1 atom stereocenters. The summed E-state index contributed by atoms with van der Waals surface area (Å²) < 4.78 is 1.74. The molecule has 1 saturated heterocycles. The number of phenols is 1. The van der Waals surface area contributed by atoms with Crippen molar-refractivity contribution in [2.75, 3.05) is 24.5 Å². The lowest BCUT2D eigenvalue weighted by atomic mass is 10.1. The number of piperazine rings is 1. The third-order valence-corrected chi connectivity index (χ3v) is 5.61. The number of hydrogen-bond donors (Lipinski definition) is 2. The van der Waals surface area contributed by atoms with Crippen LogP contribution < -0.4 is 10.2 Å². The van der Waals surface area contributed by atoms with Crippen molar-refractivity contribution in [2.45, 2.75) is 19.4 Å². The molecule has 1 aliphatic rings. The third kappa shape index (κ3) is 3.27. The number of fused-ring (bicyclic) bond motifs is 2. The second kappa shape index (κ2) is 7.00. The minimum Gasteiger partial charge on any atom is -0.507 e. The van der Waals surface area contributed by atoms with Gasteiger partial charge in [-0.2, -0.15) is 5.10 Å². The summed E-state index contributed by atoms with van der Waals surface area (Å²) in [5, 5.41) is 19.3. The van der Waals surface area contributed by atoms with E-state index >= 15 is 0 Å². The molecule has 1 fully saturated rings. The Labute approximate surface area is 169 Å². The van der Waals surface area contributed by atoms with Crippen molar-refractivity contribution < 1.29 is 5.11 Å². The Kier molecular flexibility index (Phi) is 4.32. The minimum absolute atomic E-state index is 0.180. The predicted molar refractivity (Wildman–Crippen MR) is 115 cm³/mol. The summed E-state index contributed by atoms with van der Waals surface area (Å²) in [5.74, 6) is 1.17. The minimum atomic E-state index is 0.180. The zero-order valence-electron chi connectivity index (χ0n) is 16.6. The van der Waals surface area contributed by atoms with Crippen molar-refractivity contribution in [3.05, 3.63) is 42.6 Å². The topological polar surface area (TPSA) is 79.1 Å². The van der Waals surface area contributed by atoms with Crippen LogP contribution in [-0.2, 0) is 7.05 Å². The first-order valence-corrected chi connectivity index (χ1v) is 10.0. The lowest BCUT2D eigenvalue weighted by Crippen LogP contribution is -2.50. The summed E-state index contributed by atoms with van der Waals surface area (Å²) >= 11 is 0. The Morgan fingerprint density at radius 1 is 1.10 bits per heavy atom. The van der Waals surface area contributed by atoms with E-state index in [9.17, 15) is 5.11 Å². The van der Waals surface area contributed by atoms with Gasteiger partial charge in [-0.1, -0.05) is 6.92 Å². The van der Waals surface area contributed by atoms with E-state index in [1.54, 1.807) is 10.7 Å². The molecule has 0 aliphatic carbocycles. The number of hydrogen-bond acceptors (Lipinski definition) is 6. The molecule has 4 heterocycles. The van der Waals surface area contributed by atoms with Gasteiger partial charge in [0, 0.05) is 55.9 Å². The Bertz CT molecular complexity index is 1200. The van der Waals surface area contributed by atoms with Crippen LogP contribution in [0.4, 0.5) is 5.82 Å². The van der Waals surface area contributed by atoms with Gasteiger partial charge in [0.05, 0.1) is 22.2 Å². The molecular formula is C22H24N6O. The van der Waals surface area contributed by atoms with E-state index in [2.05, 4.69) is 22.2 Å². The zero-order chi connectivity index (χ0) is 20.0. The molecular weight excluding hydrogens is 364 g/mol. The van der Waals surface area contributed by atoms with Gasteiger partial charge in [0.1, 0.15) is 11.6 Å². The van der Waals surface area contributed by atoms with Gasteiger partial charge in [-0.3, -0.25) is 4.68 Å². The maximum atomic E-state index is 10.5. The summed E-state index contributed by atoms with van der Waals surface area (Å²) in [4.78, 5) is 11.9. The number of aromatic hydroxyl groups is 1. The molecule has 7 heteroatoms. The molecule has 3 aromatic heterocycles. The average Bonchev–Trinajstić information content (AvgIpc) is 3.11. The van der Waals surface area contributed by atoms with Gasteiger partial charge in [-0.25, -0.2) is 9.97 Å². The van der Waals surface area contributed by atoms with Gasteiger partial charge < -0.3 is 15.3 Å². The number of rotatable bonds is 3. The quantitative estimate of drug-likeness (QED) is 0.562. The molecule has 1 aliphatic heterocycles. The van der Waals surface area contributed by atoms with Crippen LogP contribution in [0.25, 0.3) is 33.2 Å². The molecule has 0 bridgehead atoms. The van der Waals surface area contributed by atoms with Crippen LogP contribution in [0.15, 0.2) is 42.6 Å². The number of aromatic nitrogens is 4. The molecule has 1 unspecified atom stereocenters. The second-order valence-corrected chi connectivity index (χ2v) is 7.64. The molecule has 0 amide bonds. The number of nitrogens with zero attached hydrogens (tertiary/aromatic N) is 5. The van der Waals surface area contributed by atoms with Gasteiger partial charge in [-0.15, -0.1) is 0 Å². The summed E-state index contributed by atoms with van der Waals surface area (Å²) in [6.45, 7) is 5.11. The SMILES string of the molecule is CCC1CN(c2ccc3nc(-c4cc5cn(C)nc5cc4O)ccc3n2)CCN1. The van der Waals surface area contributed by atoms with Gasteiger partial charge in [0.15, 0.2) is 0 Å². The molecule has 7 nitrogen and oxygen atoms in total. The fourth-order valence-electron chi connectivity index (χ4n) is 4.02. The van der Waals surface area contributed by atoms with E-state index in [1.165, 1.54) is 0 Å². The smallest absolute Gasteiger partial charge is 0.129 e. The molecule has 2 N–H and O–H groups in total. The van der Waals surface area contributed by atoms with Crippen LogP contribution in [0.3, 0.4) is 0 Å². The van der Waals surface area contributed by atoms with Crippen molar-refractivity contribution in [1.29, 1.82) is 0 Å². The van der Waals surface area contributed by atoms with Gasteiger partial charge in [0.2, 0.25) is 0 Å². The van der Waals surface area contributed by atoms with E-state index in [-0.39, 0.29) is 5.75 Å². The summed E-state index contributed by atoms with van der Waals surface area (Å²) in [6.07, 6.45) is 3.05. The monoisotopic (exact) mass is 388 g/mol. The van der Waals surface area contributed by atoms with Crippen LogP contribution in [0.2, 0.25) is 0 Å². The van der Waals surface area contributed by atoms with Crippen LogP contribution in [-0.4, -0.2) is 50.5 Å². The number of benzene rings is 1. The third-order valence-electron chi connectivity index (χ3n) is 5.61. The van der Waals surface area contributed by atoms with Gasteiger partial charge in [-0.05, 0) is 36.8 Å². The lowest BCUT2D eigenvalue weighted by molar-refractivity contribution is 0.445. The Hall–Kier alpha value is -3.19. The predicted octanol–water partition coefficient (Wildman–Crippen LogP) is 3.08. The number of phenolic OH excluding ortho intramolecular Hbond substituents is 1. The zero-order valence-corrected chi connectivity index (χ0v) is 16.6. The van der Waals surface area contributed by atoms with Crippen molar-refractivity contribution in [3.8, 4) is 17.0 Å². The first-order chi connectivity index (χ1) is 14.1. The van der Waals surface area contributed by atoms with E-state index in [1.807, 2.05) is 43.6 Å². The molecule has 0 saturated carbocycles. The molecule has 148 valence electrons. The summed E-state index contributed by atoms with van der Waals surface area (Å²) in [7, 11) is 1.87. The highest BCUT2D eigenvalue weighted by molar-refractivity contribution is 5.88. The van der Waals surface area contributed by atoms with Crippen molar-refractivity contribution in [1.82, 2.24) is 25.1 Å². The summed E-state index contributed by atoms with van der Waals surface area (Å²) in [5.41, 5.74) is 3.87. The molecule has 4 aromatic rings. The van der Waals surface area contributed by atoms with E-state index in [0.717, 1.165) is 59.5 Å². The first kappa shape index (κ1) is 17.9. The molecule has 5 rings (SSSR count). The van der Waals surface area contributed by atoms with Crippen LogP contribution in [0.5, 0.6) is 5.75 Å². The highest BCUT2D eigenvalue weighted by Crippen LogP contribution is 2.33. The molecule has 0 radical (unpaired) electrons. The Balaban J connectivity index is 1.50. The number of pyridine rings is 2. The van der Waals surface area contributed by atoms with E-state index < -0.39 is 0 Å². The highest BCUT2D eigenvalue weighted by atomic mass is 16.3. The maximum Gasteiger partial charge on any atom is 0.129 e. The number of aryl methyl sites for hydroxylation is 1.